The number of urea groups is 1. The van der Waals surface area contributed by atoms with E-state index in [1.165, 1.54) is 0 Å². The molecule has 0 bridgehead atoms. The molecule has 0 spiro atoms. The first-order valence-corrected chi connectivity index (χ1v) is 9.99. The van der Waals surface area contributed by atoms with E-state index in [-0.39, 0.29) is 23.9 Å². The van der Waals surface area contributed by atoms with E-state index in [0.29, 0.717) is 13.1 Å². The molecule has 7 heteroatoms. The number of amides is 3. The van der Waals surface area contributed by atoms with E-state index in [4.69, 9.17) is 4.74 Å². The highest BCUT2D eigenvalue weighted by molar-refractivity contribution is 5.78. The Kier molecular flexibility index (Phi) is 7.44. The molecule has 0 atom stereocenters. The lowest BCUT2D eigenvalue weighted by Crippen LogP contribution is -2.44. The van der Waals surface area contributed by atoms with E-state index in [0.717, 1.165) is 42.7 Å². The Morgan fingerprint density at radius 3 is 2.41 bits per heavy atom. The molecule has 1 aromatic heterocycles. The molecule has 1 aliphatic carbocycles. The van der Waals surface area contributed by atoms with Crippen molar-refractivity contribution in [1.82, 2.24) is 20.9 Å². The minimum atomic E-state index is -0.177. The minimum absolute atomic E-state index is 0.000812. The van der Waals surface area contributed by atoms with Gasteiger partial charge in [0.25, 0.3) is 0 Å². The van der Waals surface area contributed by atoms with Crippen molar-refractivity contribution in [2.45, 2.75) is 44.8 Å². The number of nitrogens with zero attached hydrogens (tertiary/aromatic N) is 1. The van der Waals surface area contributed by atoms with Gasteiger partial charge in [-0.2, -0.15) is 0 Å². The second-order valence-electron chi connectivity index (χ2n) is 7.26. The summed E-state index contributed by atoms with van der Waals surface area (Å²) in [6.45, 7) is 0.909. The van der Waals surface area contributed by atoms with Crippen molar-refractivity contribution in [2.75, 3.05) is 7.11 Å². The van der Waals surface area contributed by atoms with Gasteiger partial charge in [0, 0.05) is 24.7 Å². The van der Waals surface area contributed by atoms with Crippen LogP contribution in [0.25, 0.3) is 0 Å². The largest absolute Gasteiger partial charge is 0.497 e. The lowest BCUT2D eigenvalue weighted by atomic mass is 9.85. The zero-order chi connectivity index (χ0) is 20.5. The van der Waals surface area contributed by atoms with Crippen LogP contribution in [0, 0.1) is 5.92 Å². The predicted molar refractivity (Wildman–Crippen MR) is 110 cm³/mol. The van der Waals surface area contributed by atoms with Gasteiger partial charge in [0.15, 0.2) is 0 Å². The number of aromatic nitrogens is 1. The third kappa shape index (κ3) is 6.48. The van der Waals surface area contributed by atoms with Gasteiger partial charge in [0.1, 0.15) is 5.75 Å². The SMILES string of the molecule is COc1ccc(CNC(=O)NC2CCC(C(=O)NCc3ccccn3)CC2)cc1. The number of hydrogen-bond donors (Lipinski definition) is 3. The average molecular weight is 396 g/mol. The summed E-state index contributed by atoms with van der Waals surface area (Å²) in [7, 11) is 1.62. The minimum Gasteiger partial charge on any atom is -0.497 e. The molecule has 1 aromatic carbocycles. The summed E-state index contributed by atoms with van der Waals surface area (Å²) in [5, 5.41) is 8.85. The first-order chi connectivity index (χ1) is 14.1. The maximum absolute atomic E-state index is 12.4. The van der Waals surface area contributed by atoms with Crippen LogP contribution in [-0.4, -0.2) is 30.1 Å². The summed E-state index contributed by atoms with van der Waals surface area (Å²) >= 11 is 0. The molecule has 1 aliphatic rings. The maximum atomic E-state index is 12.4. The highest BCUT2D eigenvalue weighted by atomic mass is 16.5. The number of rotatable bonds is 7. The van der Waals surface area contributed by atoms with Crippen LogP contribution in [-0.2, 0) is 17.9 Å². The lowest BCUT2D eigenvalue weighted by Gasteiger charge is -2.28. The van der Waals surface area contributed by atoms with E-state index in [2.05, 4.69) is 20.9 Å². The normalized spacial score (nSPS) is 18.5. The number of benzene rings is 1. The molecule has 1 fully saturated rings. The number of ether oxygens (including phenoxy) is 1. The Hall–Kier alpha value is -3.09. The van der Waals surface area contributed by atoms with Gasteiger partial charge in [-0.25, -0.2) is 4.79 Å². The van der Waals surface area contributed by atoms with Crippen molar-refractivity contribution in [3.05, 3.63) is 59.9 Å². The summed E-state index contributed by atoms with van der Waals surface area (Å²) < 4.78 is 5.13. The van der Waals surface area contributed by atoms with Crippen molar-refractivity contribution in [1.29, 1.82) is 0 Å². The van der Waals surface area contributed by atoms with Crippen molar-refractivity contribution < 1.29 is 14.3 Å². The molecular weight excluding hydrogens is 368 g/mol. The molecule has 2 aromatic rings. The van der Waals surface area contributed by atoms with Crippen LogP contribution in [0.15, 0.2) is 48.7 Å². The van der Waals surface area contributed by atoms with Gasteiger partial charge in [-0.3, -0.25) is 9.78 Å². The van der Waals surface area contributed by atoms with Gasteiger partial charge >= 0.3 is 6.03 Å². The number of methoxy groups -OCH3 is 1. The Bertz CT molecular complexity index is 787. The fraction of sp³-hybridized carbons (Fsp3) is 0.409. The standard InChI is InChI=1S/C22H28N4O3/c1-29-20-11-5-16(6-12-20)14-25-22(28)26-18-9-7-17(8-10-18)21(27)24-15-19-4-2-3-13-23-19/h2-6,11-13,17-18H,7-10,14-15H2,1H3,(H,24,27)(H2,25,26,28). The van der Waals surface area contributed by atoms with E-state index in [1.807, 2.05) is 42.5 Å². The predicted octanol–water partition coefficient (Wildman–Crippen LogP) is 2.76. The third-order valence-electron chi connectivity index (χ3n) is 5.22. The first kappa shape index (κ1) is 20.6. The molecule has 3 amide bonds. The molecule has 3 rings (SSSR count). The van der Waals surface area contributed by atoms with Gasteiger partial charge in [-0.1, -0.05) is 18.2 Å². The van der Waals surface area contributed by atoms with E-state index < -0.39 is 0 Å². The Balaban J connectivity index is 1.34. The highest BCUT2D eigenvalue weighted by Gasteiger charge is 2.26. The van der Waals surface area contributed by atoms with Gasteiger partial charge in [-0.05, 0) is 55.5 Å². The van der Waals surface area contributed by atoms with E-state index in [1.54, 1.807) is 13.3 Å². The third-order valence-corrected chi connectivity index (χ3v) is 5.22. The molecule has 0 unspecified atom stereocenters. The molecule has 0 radical (unpaired) electrons. The molecule has 29 heavy (non-hydrogen) atoms. The smallest absolute Gasteiger partial charge is 0.315 e. The Morgan fingerprint density at radius 2 is 1.76 bits per heavy atom. The Labute approximate surface area is 171 Å². The summed E-state index contributed by atoms with van der Waals surface area (Å²) in [6.07, 6.45) is 4.88. The van der Waals surface area contributed by atoms with Crippen LogP contribution in [0.1, 0.15) is 36.9 Å². The molecule has 3 N–H and O–H groups in total. The van der Waals surface area contributed by atoms with Crippen LogP contribution in [0.2, 0.25) is 0 Å². The molecular formula is C22H28N4O3. The van der Waals surface area contributed by atoms with Gasteiger partial charge in [-0.15, -0.1) is 0 Å². The van der Waals surface area contributed by atoms with E-state index >= 15 is 0 Å². The van der Waals surface area contributed by atoms with Crippen LogP contribution in [0.5, 0.6) is 5.75 Å². The van der Waals surface area contributed by atoms with Crippen molar-refractivity contribution in [3.8, 4) is 5.75 Å². The Morgan fingerprint density at radius 1 is 1.00 bits per heavy atom. The van der Waals surface area contributed by atoms with Crippen molar-refractivity contribution in [3.63, 3.8) is 0 Å². The van der Waals surface area contributed by atoms with Crippen molar-refractivity contribution in [2.24, 2.45) is 5.92 Å². The maximum Gasteiger partial charge on any atom is 0.315 e. The summed E-state index contributed by atoms with van der Waals surface area (Å²) in [6, 6.07) is 13.2. The molecule has 0 aliphatic heterocycles. The van der Waals surface area contributed by atoms with Gasteiger partial charge in [0.05, 0.1) is 19.3 Å². The summed E-state index contributed by atoms with van der Waals surface area (Å²) in [5.74, 6) is 0.858. The average Bonchev–Trinajstić information content (AvgIpc) is 2.77. The summed E-state index contributed by atoms with van der Waals surface area (Å²) in [5.41, 5.74) is 1.86. The quantitative estimate of drug-likeness (QED) is 0.671. The molecule has 1 heterocycles. The van der Waals surface area contributed by atoms with Crippen LogP contribution >= 0.6 is 0 Å². The second kappa shape index (κ2) is 10.5. The molecule has 7 nitrogen and oxygen atoms in total. The van der Waals surface area contributed by atoms with Gasteiger partial charge < -0.3 is 20.7 Å². The lowest BCUT2D eigenvalue weighted by molar-refractivity contribution is -0.126. The summed E-state index contributed by atoms with van der Waals surface area (Å²) in [4.78, 5) is 28.7. The second-order valence-corrected chi connectivity index (χ2v) is 7.26. The zero-order valence-electron chi connectivity index (χ0n) is 16.7. The molecule has 154 valence electrons. The monoisotopic (exact) mass is 396 g/mol. The van der Waals surface area contributed by atoms with Crippen LogP contribution < -0.4 is 20.7 Å². The van der Waals surface area contributed by atoms with Crippen molar-refractivity contribution >= 4 is 11.9 Å². The number of hydrogen-bond acceptors (Lipinski definition) is 4. The van der Waals surface area contributed by atoms with Crippen LogP contribution in [0.4, 0.5) is 4.79 Å². The topological polar surface area (TPSA) is 92.4 Å². The molecule has 0 saturated heterocycles. The van der Waals surface area contributed by atoms with Gasteiger partial charge in [0.2, 0.25) is 5.91 Å². The highest BCUT2D eigenvalue weighted by Crippen LogP contribution is 2.24. The van der Waals surface area contributed by atoms with E-state index in [9.17, 15) is 9.59 Å². The number of carbonyl (C=O) groups is 2. The zero-order valence-corrected chi connectivity index (χ0v) is 16.7. The molecule has 1 saturated carbocycles. The first-order valence-electron chi connectivity index (χ1n) is 9.99. The number of carbonyl (C=O) groups excluding carboxylic acids is 2. The number of pyridine rings is 1. The fourth-order valence-corrected chi connectivity index (χ4v) is 3.49. The van der Waals surface area contributed by atoms with Crippen LogP contribution in [0.3, 0.4) is 0 Å². The fourth-order valence-electron chi connectivity index (χ4n) is 3.49. The number of nitrogens with one attached hydrogen (secondary N) is 3.